The number of aliphatic hydroxyl groups excluding tert-OH is 6. The summed E-state index contributed by atoms with van der Waals surface area (Å²) >= 11 is 5.90. The van der Waals surface area contributed by atoms with Gasteiger partial charge in [0.15, 0.2) is 6.29 Å². The smallest absolute Gasteiger partial charge is 0.229 e. The molecular weight excluding hydrogens is 440 g/mol. The largest absolute Gasteiger partial charge is 0.506 e. The van der Waals surface area contributed by atoms with Crippen molar-refractivity contribution in [3.8, 4) is 11.5 Å². The van der Waals surface area contributed by atoms with Crippen molar-refractivity contribution < 1.29 is 54.7 Å². The molecule has 2 aliphatic rings. The first-order chi connectivity index (χ1) is 14.5. The Morgan fingerprint density at radius 1 is 0.871 bits per heavy atom. The third-order valence-electron chi connectivity index (χ3n) is 5.36. The van der Waals surface area contributed by atoms with Gasteiger partial charge >= 0.3 is 0 Å². The van der Waals surface area contributed by atoms with Crippen molar-refractivity contribution >= 4 is 11.6 Å². The minimum atomic E-state index is -1.65. The van der Waals surface area contributed by atoms with E-state index >= 15 is 0 Å². The Balaban J connectivity index is 1.67. The van der Waals surface area contributed by atoms with E-state index in [1.165, 1.54) is 19.1 Å². The molecule has 0 bridgehead atoms. The molecule has 0 aromatic heterocycles. The Hall–Kier alpha value is -1.25. The Kier molecular flexibility index (Phi) is 7.64. The van der Waals surface area contributed by atoms with Crippen molar-refractivity contribution in [3.05, 3.63) is 22.7 Å². The van der Waals surface area contributed by atoms with Gasteiger partial charge in [-0.2, -0.15) is 0 Å². The molecule has 0 radical (unpaired) electrons. The summed E-state index contributed by atoms with van der Waals surface area (Å²) in [6.45, 7) is 2.70. The molecule has 0 saturated carbocycles. The summed E-state index contributed by atoms with van der Waals surface area (Å²) < 4.78 is 21.8. The number of halogens is 1. The number of hydrogen-bond donors (Lipinski definition) is 7. The lowest BCUT2D eigenvalue weighted by molar-refractivity contribution is -0.318. The summed E-state index contributed by atoms with van der Waals surface area (Å²) in [5.74, 6) is -0.149. The van der Waals surface area contributed by atoms with E-state index in [0.29, 0.717) is 5.56 Å². The summed E-state index contributed by atoms with van der Waals surface area (Å²) in [5, 5.41) is 70.2. The Bertz CT molecular complexity index is 741. The third-order valence-corrected chi connectivity index (χ3v) is 5.85. The summed E-state index contributed by atoms with van der Waals surface area (Å²) in [5.41, 5.74) is 0.501. The van der Waals surface area contributed by atoms with E-state index in [0.717, 1.165) is 0 Å². The number of rotatable bonds is 5. The highest BCUT2D eigenvalue weighted by atomic mass is 35.5. The van der Waals surface area contributed by atoms with Gasteiger partial charge in [0.1, 0.15) is 54.2 Å². The van der Waals surface area contributed by atoms with Gasteiger partial charge in [-0.15, -0.1) is 0 Å². The van der Waals surface area contributed by atoms with Crippen LogP contribution in [0.25, 0.3) is 0 Å². The lowest BCUT2D eigenvalue weighted by Crippen LogP contribution is -2.61. The molecule has 3 rings (SSSR count). The van der Waals surface area contributed by atoms with Crippen LogP contribution in [-0.4, -0.2) is 104 Å². The Morgan fingerprint density at radius 2 is 1.48 bits per heavy atom. The van der Waals surface area contributed by atoms with Gasteiger partial charge in [-0.25, -0.2) is 0 Å². The second-order valence-corrected chi connectivity index (χ2v) is 8.10. The predicted molar refractivity (Wildman–Crippen MR) is 103 cm³/mol. The maximum absolute atomic E-state index is 10.2. The maximum Gasteiger partial charge on any atom is 0.229 e. The van der Waals surface area contributed by atoms with Gasteiger partial charge in [0.25, 0.3) is 0 Å². The van der Waals surface area contributed by atoms with Gasteiger partial charge < -0.3 is 54.7 Å². The van der Waals surface area contributed by atoms with Crippen LogP contribution < -0.4 is 4.74 Å². The molecule has 0 unspecified atom stereocenters. The molecule has 11 nitrogen and oxygen atoms in total. The van der Waals surface area contributed by atoms with Crippen molar-refractivity contribution in [1.29, 1.82) is 0 Å². The average Bonchev–Trinajstić information content (AvgIpc) is 2.73. The predicted octanol–water partition coefficient (Wildman–Crippen LogP) is -1.62. The topological polar surface area (TPSA) is 179 Å². The molecule has 7 N–H and O–H groups in total. The minimum Gasteiger partial charge on any atom is -0.506 e. The molecule has 2 fully saturated rings. The van der Waals surface area contributed by atoms with Gasteiger partial charge in [-0.3, -0.25) is 0 Å². The van der Waals surface area contributed by atoms with Crippen LogP contribution in [0.3, 0.4) is 0 Å². The fourth-order valence-electron chi connectivity index (χ4n) is 3.41. The average molecular weight is 467 g/mol. The van der Waals surface area contributed by atoms with Crippen molar-refractivity contribution in [2.24, 2.45) is 0 Å². The van der Waals surface area contributed by atoms with E-state index in [-0.39, 0.29) is 16.5 Å². The first-order valence-corrected chi connectivity index (χ1v) is 10.1. The highest BCUT2D eigenvalue weighted by Crippen LogP contribution is 2.33. The van der Waals surface area contributed by atoms with E-state index in [4.69, 9.17) is 30.5 Å². The normalized spacial score (nSPS) is 41.2. The van der Waals surface area contributed by atoms with E-state index < -0.39 is 68.0 Å². The van der Waals surface area contributed by atoms with E-state index in [1.807, 2.05) is 0 Å². The van der Waals surface area contributed by atoms with Crippen LogP contribution in [0.1, 0.15) is 12.5 Å². The number of aryl methyl sites for hydroxylation is 1. The van der Waals surface area contributed by atoms with E-state index in [2.05, 4.69) is 0 Å². The first-order valence-electron chi connectivity index (χ1n) is 9.68. The SMILES string of the molecule is Cc1cc(O[C@@H]2O[C@H](CO[C@@H]3O[C@@H](C)[C@H](O)[C@@H](O)[C@H]3O)[C@@H](O)[C@H](O)[C@H]2O)cc(O)c1Cl. The minimum absolute atomic E-state index is 0.101. The number of aliphatic hydroxyl groups is 6. The summed E-state index contributed by atoms with van der Waals surface area (Å²) in [4.78, 5) is 0. The van der Waals surface area contributed by atoms with E-state index in [9.17, 15) is 35.7 Å². The van der Waals surface area contributed by atoms with Gasteiger partial charge in [0, 0.05) is 6.07 Å². The zero-order chi connectivity index (χ0) is 23.0. The highest BCUT2D eigenvalue weighted by Gasteiger charge is 2.47. The molecule has 2 saturated heterocycles. The molecule has 2 aliphatic heterocycles. The van der Waals surface area contributed by atoms with Crippen molar-refractivity contribution in [3.63, 3.8) is 0 Å². The van der Waals surface area contributed by atoms with Crippen LogP contribution in [0.15, 0.2) is 12.1 Å². The standard InChI is InChI=1S/C19H27ClO11/c1-6-3-8(4-9(21)11(6)20)30-19-17(27)15(25)13(23)10(31-19)5-28-18-16(26)14(24)12(22)7(2)29-18/h3-4,7,10,12-19,21-27H,5H2,1-2H3/t7-,10+,12-,13+,14+,15-,16+,17+,18+,19+/m0/s1. The maximum atomic E-state index is 10.2. The summed E-state index contributed by atoms with van der Waals surface area (Å²) in [6.07, 6.45) is -14.0. The molecule has 31 heavy (non-hydrogen) atoms. The molecule has 176 valence electrons. The van der Waals surface area contributed by atoms with Gasteiger partial charge in [-0.05, 0) is 25.5 Å². The quantitative estimate of drug-likeness (QED) is 0.265. The van der Waals surface area contributed by atoms with Crippen LogP contribution in [-0.2, 0) is 14.2 Å². The zero-order valence-corrected chi connectivity index (χ0v) is 17.5. The number of benzene rings is 1. The molecular formula is C19H27ClO11. The van der Waals surface area contributed by atoms with Gasteiger partial charge in [-0.1, -0.05) is 11.6 Å². The molecule has 0 aliphatic carbocycles. The van der Waals surface area contributed by atoms with Crippen molar-refractivity contribution in [2.45, 2.75) is 75.3 Å². The fourth-order valence-corrected chi connectivity index (χ4v) is 3.52. The second-order valence-electron chi connectivity index (χ2n) is 7.72. The van der Waals surface area contributed by atoms with Crippen LogP contribution in [0.4, 0.5) is 0 Å². The van der Waals surface area contributed by atoms with Crippen molar-refractivity contribution in [1.82, 2.24) is 0 Å². The zero-order valence-electron chi connectivity index (χ0n) is 16.8. The lowest BCUT2D eigenvalue weighted by atomic mass is 9.98. The Labute approximate surface area is 182 Å². The molecule has 0 spiro atoms. The van der Waals surface area contributed by atoms with Gasteiger partial charge in [0.05, 0.1) is 17.7 Å². The molecule has 2 heterocycles. The Morgan fingerprint density at radius 3 is 2.13 bits per heavy atom. The fraction of sp³-hybridized carbons (Fsp3) is 0.684. The van der Waals surface area contributed by atoms with Crippen LogP contribution >= 0.6 is 11.6 Å². The first kappa shape index (κ1) is 24.4. The number of phenolic OH excluding ortho intramolecular Hbond substituents is 1. The van der Waals surface area contributed by atoms with Crippen molar-refractivity contribution in [2.75, 3.05) is 6.61 Å². The summed E-state index contributed by atoms with van der Waals surface area (Å²) in [7, 11) is 0. The molecule has 1 aromatic carbocycles. The molecule has 10 atom stereocenters. The molecule has 12 heteroatoms. The monoisotopic (exact) mass is 466 g/mol. The number of ether oxygens (including phenoxy) is 4. The summed E-state index contributed by atoms with van der Waals surface area (Å²) in [6, 6.07) is 2.69. The molecule has 0 amide bonds. The second kappa shape index (κ2) is 9.71. The number of hydrogen-bond acceptors (Lipinski definition) is 11. The molecule has 1 aromatic rings. The number of phenols is 1. The lowest BCUT2D eigenvalue weighted by Gasteiger charge is -2.42. The third kappa shape index (κ3) is 5.06. The highest BCUT2D eigenvalue weighted by molar-refractivity contribution is 6.32. The van der Waals surface area contributed by atoms with E-state index in [1.54, 1.807) is 6.92 Å². The van der Waals surface area contributed by atoms with Crippen LogP contribution in [0.5, 0.6) is 11.5 Å². The van der Waals surface area contributed by atoms with Crippen LogP contribution in [0, 0.1) is 6.92 Å². The van der Waals surface area contributed by atoms with Gasteiger partial charge in [0.2, 0.25) is 6.29 Å². The number of aromatic hydroxyl groups is 1. The van der Waals surface area contributed by atoms with Crippen LogP contribution in [0.2, 0.25) is 5.02 Å².